The molecule has 1 aromatic rings. The van der Waals surface area contributed by atoms with Gasteiger partial charge in [-0.2, -0.15) is 0 Å². The first-order valence-electron chi connectivity index (χ1n) is 8.00. The van der Waals surface area contributed by atoms with Crippen LogP contribution in [0.15, 0.2) is 12.5 Å². The molecule has 1 aliphatic heterocycles. The second-order valence-corrected chi connectivity index (χ2v) is 6.79. The Labute approximate surface area is 132 Å². The highest BCUT2D eigenvalue weighted by Gasteiger charge is 2.26. The van der Waals surface area contributed by atoms with Crippen molar-refractivity contribution in [2.45, 2.75) is 57.6 Å². The summed E-state index contributed by atoms with van der Waals surface area (Å²) in [7, 11) is 1.70. The number of nitrogens with zero attached hydrogens (tertiary/aromatic N) is 2. The fourth-order valence-electron chi connectivity index (χ4n) is 3.06. The Morgan fingerprint density at radius 3 is 2.77 bits per heavy atom. The van der Waals surface area contributed by atoms with Crippen LogP contribution in [0.3, 0.4) is 0 Å². The zero-order valence-corrected chi connectivity index (χ0v) is 14.1. The van der Waals surface area contributed by atoms with Crippen molar-refractivity contribution in [3.63, 3.8) is 0 Å². The zero-order chi connectivity index (χ0) is 16.2. The number of nitrogens with one attached hydrogen (secondary N) is 2. The number of methoxy groups -OCH3 is 1. The molecule has 0 saturated carbocycles. The number of imidazole rings is 1. The number of aromatic nitrogens is 2. The number of piperidine rings is 1. The smallest absolute Gasteiger partial charge is 0.317 e. The summed E-state index contributed by atoms with van der Waals surface area (Å²) in [5, 5.41) is 3.08. The number of hydrogen-bond acceptors (Lipinski definition) is 3. The summed E-state index contributed by atoms with van der Waals surface area (Å²) in [6, 6.07) is 0.121. The van der Waals surface area contributed by atoms with Gasteiger partial charge in [0, 0.05) is 44.0 Å². The Morgan fingerprint density at radius 2 is 2.23 bits per heavy atom. The molecule has 0 aliphatic carbocycles. The summed E-state index contributed by atoms with van der Waals surface area (Å²) < 4.78 is 5.42. The second kappa shape index (κ2) is 7.13. The highest BCUT2D eigenvalue weighted by atomic mass is 16.5. The lowest BCUT2D eigenvalue weighted by atomic mass is 9.94. The van der Waals surface area contributed by atoms with Crippen LogP contribution < -0.4 is 5.32 Å². The predicted octanol–water partition coefficient (Wildman–Crippen LogP) is 2.50. The van der Waals surface area contributed by atoms with E-state index in [9.17, 15) is 4.79 Å². The van der Waals surface area contributed by atoms with E-state index >= 15 is 0 Å². The van der Waals surface area contributed by atoms with Gasteiger partial charge in [-0.25, -0.2) is 9.78 Å². The van der Waals surface area contributed by atoms with Crippen LogP contribution in [0.4, 0.5) is 4.79 Å². The molecule has 2 rings (SSSR count). The lowest BCUT2D eigenvalue weighted by Gasteiger charge is -2.33. The molecule has 1 unspecified atom stereocenters. The molecule has 1 aliphatic rings. The summed E-state index contributed by atoms with van der Waals surface area (Å²) in [5.74, 6) is 0.483. The molecule has 1 aromatic heterocycles. The van der Waals surface area contributed by atoms with E-state index in [2.05, 4.69) is 15.3 Å². The first-order chi connectivity index (χ1) is 10.4. The minimum absolute atomic E-state index is 0.0301. The SMILES string of the molecule is COC(C)(C)CC(C)NC(=O)N1CCC(c2cnc[nH]2)CC1. The molecule has 0 radical (unpaired) electrons. The van der Waals surface area contributed by atoms with E-state index in [1.165, 1.54) is 5.69 Å². The van der Waals surface area contributed by atoms with E-state index in [4.69, 9.17) is 4.74 Å². The van der Waals surface area contributed by atoms with E-state index < -0.39 is 0 Å². The number of carbonyl (C=O) groups excluding carboxylic acids is 1. The third kappa shape index (κ3) is 4.47. The molecule has 2 N–H and O–H groups in total. The predicted molar refractivity (Wildman–Crippen MR) is 85.8 cm³/mol. The van der Waals surface area contributed by atoms with Crippen LogP contribution >= 0.6 is 0 Å². The fourth-order valence-corrected chi connectivity index (χ4v) is 3.06. The Balaban J connectivity index is 1.77. The molecular formula is C16H28N4O2. The summed E-state index contributed by atoms with van der Waals surface area (Å²) >= 11 is 0. The van der Waals surface area contributed by atoms with Crippen molar-refractivity contribution in [2.75, 3.05) is 20.2 Å². The molecule has 1 atom stereocenters. The van der Waals surface area contributed by atoms with Gasteiger partial charge in [-0.3, -0.25) is 0 Å². The Hall–Kier alpha value is -1.56. The summed E-state index contributed by atoms with van der Waals surface area (Å²) in [5.41, 5.74) is 0.954. The fraction of sp³-hybridized carbons (Fsp3) is 0.750. The van der Waals surface area contributed by atoms with Crippen LogP contribution in [0.25, 0.3) is 0 Å². The monoisotopic (exact) mass is 308 g/mol. The van der Waals surface area contributed by atoms with E-state index in [0.29, 0.717) is 5.92 Å². The first-order valence-corrected chi connectivity index (χ1v) is 8.00. The molecule has 22 heavy (non-hydrogen) atoms. The maximum absolute atomic E-state index is 12.3. The van der Waals surface area contributed by atoms with Gasteiger partial charge >= 0.3 is 6.03 Å². The van der Waals surface area contributed by atoms with Gasteiger partial charge in [0.2, 0.25) is 0 Å². The van der Waals surface area contributed by atoms with Crippen molar-refractivity contribution in [2.24, 2.45) is 0 Å². The maximum atomic E-state index is 12.3. The molecule has 0 aromatic carbocycles. The number of urea groups is 1. The minimum Gasteiger partial charge on any atom is -0.379 e. The number of carbonyl (C=O) groups is 1. The van der Waals surface area contributed by atoms with Crippen LogP contribution in [0.5, 0.6) is 0 Å². The standard InChI is InChI=1S/C16H28N4O2/c1-12(9-16(2,3)22-4)19-15(21)20-7-5-13(6-8-20)14-10-17-11-18-14/h10-13H,5-9H2,1-4H3,(H,17,18)(H,19,21). The average Bonchev–Trinajstić information content (AvgIpc) is 3.01. The number of likely N-dealkylation sites (tertiary alicyclic amines) is 1. The molecule has 6 heteroatoms. The Kier molecular flexibility index (Phi) is 5.45. The maximum Gasteiger partial charge on any atom is 0.317 e. The van der Waals surface area contributed by atoms with Gasteiger partial charge in [-0.05, 0) is 40.0 Å². The topological polar surface area (TPSA) is 70.2 Å². The molecule has 124 valence electrons. The van der Waals surface area contributed by atoms with Crippen molar-refractivity contribution < 1.29 is 9.53 Å². The largest absolute Gasteiger partial charge is 0.379 e. The molecule has 1 fully saturated rings. The van der Waals surface area contributed by atoms with E-state index in [0.717, 1.165) is 32.4 Å². The number of rotatable bonds is 5. The third-order valence-corrected chi connectivity index (χ3v) is 4.46. The lowest BCUT2D eigenvalue weighted by molar-refractivity contribution is 0.00907. The highest BCUT2D eigenvalue weighted by Crippen LogP contribution is 2.26. The molecular weight excluding hydrogens is 280 g/mol. The Bertz CT molecular complexity index is 465. The zero-order valence-electron chi connectivity index (χ0n) is 14.1. The summed E-state index contributed by atoms with van der Waals surface area (Å²) in [4.78, 5) is 21.5. The van der Waals surface area contributed by atoms with Crippen molar-refractivity contribution in [1.29, 1.82) is 0 Å². The number of aromatic amines is 1. The minimum atomic E-state index is -0.222. The van der Waals surface area contributed by atoms with Gasteiger partial charge in [0.25, 0.3) is 0 Å². The summed E-state index contributed by atoms with van der Waals surface area (Å²) in [6.45, 7) is 7.67. The number of amides is 2. The van der Waals surface area contributed by atoms with E-state index in [1.54, 1.807) is 13.4 Å². The van der Waals surface area contributed by atoms with Crippen molar-refractivity contribution >= 4 is 6.03 Å². The molecule has 0 spiro atoms. The normalized spacial score (nSPS) is 18.3. The van der Waals surface area contributed by atoms with Crippen LogP contribution in [0.1, 0.15) is 51.6 Å². The van der Waals surface area contributed by atoms with Crippen molar-refractivity contribution in [3.8, 4) is 0 Å². The Morgan fingerprint density at radius 1 is 1.55 bits per heavy atom. The molecule has 2 amide bonds. The summed E-state index contributed by atoms with van der Waals surface area (Å²) in [6.07, 6.45) is 6.35. The first kappa shape index (κ1) is 16.8. The number of ether oxygens (including phenoxy) is 1. The van der Waals surface area contributed by atoms with Gasteiger partial charge < -0.3 is 19.9 Å². The molecule has 2 heterocycles. The van der Waals surface area contributed by atoms with E-state index in [1.807, 2.05) is 31.9 Å². The van der Waals surface area contributed by atoms with Gasteiger partial charge in [0.15, 0.2) is 0 Å². The quantitative estimate of drug-likeness (QED) is 0.878. The van der Waals surface area contributed by atoms with Gasteiger partial charge in [-0.15, -0.1) is 0 Å². The van der Waals surface area contributed by atoms with Gasteiger partial charge in [0.1, 0.15) is 0 Å². The van der Waals surface area contributed by atoms with E-state index in [-0.39, 0.29) is 17.7 Å². The molecule has 6 nitrogen and oxygen atoms in total. The molecule has 0 bridgehead atoms. The van der Waals surface area contributed by atoms with Crippen molar-refractivity contribution in [1.82, 2.24) is 20.2 Å². The van der Waals surface area contributed by atoms with Crippen LogP contribution in [-0.4, -0.2) is 52.7 Å². The highest BCUT2D eigenvalue weighted by molar-refractivity contribution is 5.74. The van der Waals surface area contributed by atoms with Crippen molar-refractivity contribution in [3.05, 3.63) is 18.2 Å². The van der Waals surface area contributed by atoms with Crippen LogP contribution in [0.2, 0.25) is 0 Å². The van der Waals surface area contributed by atoms with Crippen LogP contribution in [0, 0.1) is 0 Å². The molecule has 1 saturated heterocycles. The third-order valence-electron chi connectivity index (χ3n) is 4.46. The van der Waals surface area contributed by atoms with Crippen LogP contribution in [-0.2, 0) is 4.74 Å². The number of hydrogen-bond donors (Lipinski definition) is 2. The van der Waals surface area contributed by atoms with Gasteiger partial charge in [-0.1, -0.05) is 0 Å². The second-order valence-electron chi connectivity index (χ2n) is 6.79. The average molecular weight is 308 g/mol. The number of H-pyrrole nitrogens is 1. The lowest BCUT2D eigenvalue weighted by Crippen LogP contribution is -2.48. The van der Waals surface area contributed by atoms with Gasteiger partial charge in [0.05, 0.1) is 11.9 Å².